The highest BCUT2D eigenvalue weighted by Crippen LogP contribution is 2.36. The summed E-state index contributed by atoms with van der Waals surface area (Å²) in [5, 5.41) is 27.3. The number of nitrogens with one attached hydrogen (secondary N) is 2. The number of nitrogens with zero attached hydrogens (tertiary/aromatic N) is 8. The Morgan fingerprint density at radius 1 is 0.600 bits per heavy atom. The number of ether oxygens (including phenoxy) is 6. The average molecular weight is 961 g/mol. The van der Waals surface area contributed by atoms with Gasteiger partial charge < -0.3 is 44.2 Å². The standard InChI is InChI=1S/C25H28FN5O4.C25H26FN5O4/c2*1-33-17-8-7-15(21(10-17)34-2)13-27-25-28-20-12-22(35-3)19(26)11-18(20)24-29-23(30-31(24)25)14-5-4-6-16(32)9-14/h7-8,10-12,14,16,32H,4-6,9,13H2,1-3H3,(H,27,28);7-8,10-12,14H,4-6,9,13H2,1-3H3,(H,27,28). The summed E-state index contributed by atoms with van der Waals surface area (Å²) in [5.41, 5.74) is 3.79. The molecule has 4 heterocycles. The Morgan fingerprint density at radius 3 is 1.54 bits per heavy atom. The van der Waals surface area contributed by atoms with E-state index in [1.54, 1.807) is 49.6 Å². The molecule has 10 rings (SSSR count). The predicted molar refractivity (Wildman–Crippen MR) is 257 cm³/mol. The van der Waals surface area contributed by atoms with Gasteiger partial charge in [0, 0.05) is 83.9 Å². The van der Waals surface area contributed by atoms with Crippen LogP contribution >= 0.6 is 0 Å². The normalized spacial score (nSPS) is 17.0. The van der Waals surface area contributed by atoms with E-state index in [0.29, 0.717) is 112 Å². The van der Waals surface area contributed by atoms with Crippen LogP contribution in [-0.4, -0.2) is 98.8 Å². The van der Waals surface area contributed by atoms with Gasteiger partial charge in [0.1, 0.15) is 28.8 Å². The molecule has 2 aliphatic carbocycles. The highest BCUT2D eigenvalue weighted by Gasteiger charge is 2.28. The third-order valence-corrected chi connectivity index (χ3v) is 12.8. The van der Waals surface area contributed by atoms with E-state index in [2.05, 4.69) is 10.6 Å². The van der Waals surface area contributed by atoms with Gasteiger partial charge in [-0.05, 0) is 68.5 Å². The largest absolute Gasteiger partial charge is 0.497 e. The molecular formula is C50H54F2N10O8. The van der Waals surface area contributed by atoms with E-state index in [4.69, 9.17) is 58.6 Å². The number of aliphatic hydroxyl groups excluding tert-OH is 1. The maximum Gasteiger partial charge on any atom is 0.226 e. The van der Waals surface area contributed by atoms with Crippen molar-refractivity contribution in [2.24, 2.45) is 0 Å². The number of hydrogen-bond acceptors (Lipinski definition) is 16. The highest BCUT2D eigenvalue weighted by molar-refractivity contribution is 5.94. The molecule has 2 fully saturated rings. The first-order valence-electron chi connectivity index (χ1n) is 23.0. The molecule has 3 N–H and O–H groups in total. The molecule has 3 unspecified atom stereocenters. The molecule has 70 heavy (non-hydrogen) atoms. The molecule has 0 aliphatic heterocycles. The van der Waals surface area contributed by atoms with E-state index in [9.17, 15) is 18.7 Å². The molecule has 20 heteroatoms. The zero-order valence-corrected chi connectivity index (χ0v) is 39.7. The fourth-order valence-electron chi connectivity index (χ4n) is 9.13. The van der Waals surface area contributed by atoms with Gasteiger partial charge in [0.25, 0.3) is 0 Å². The number of methoxy groups -OCH3 is 6. The molecule has 0 saturated heterocycles. The van der Waals surface area contributed by atoms with Crippen LogP contribution in [0.1, 0.15) is 86.0 Å². The van der Waals surface area contributed by atoms with Crippen LogP contribution in [0.25, 0.3) is 33.1 Å². The van der Waals surface area contributed by atoms with Crippen molar-refractivity contribution in [1.82, 2.24) is 39.2 Å². The molecule has 0 amide bonds. The summed E-state index contributed by atoms with van der Waals surface area (Å²) in [5.74, 6) is 4.17. The Labute approximate surface area is 401 Å². The van der Waals surface area contributed by atoms with Crippen LogP contribution < -0.4 is 39.1 Å². The van der Waals surface area contributed by atoms with Crippen LogP contribution in [0.2, 0.25) is 0 Å². The molecule has 3 atom stereocenters. The van der Waals surface area contributed by atoms with Crippen LogP contribution in [0, 0.1) is 11.6 Å². The number of ketones is 1. The SMILES string of the molecule is COc1ccc(CNc2nc3cc(OC)c(F)cc3c3nc(C4CCCC(=O)C4)nn23)c(OC)c1.COc1ccc(CNc2nc3cc(OC)c(F)cc3c3nc(C4CCCC(O)C4)nn23)c(OC)c1. The van der Waals surface area contributed by atoms with E-state index in [-0.39, 0.29) is 35.2 Å². The number of carbonyl (C=O) groups is 1. The molecule has 0 spiro atoms. The Hall–Kier alpha value is -7.61. The summed E-state index contributed by atoms with van der Waals surface area (Å²) in [6, 6.07) is 17.0. The fourth-order valence-corrected chi connectivity index (χ4v) is 9.13. The number of rotatable bonds is 14. The topological polar surface area (TPSA) is 203 Å². The Bertz CT molecular complexity index is 3220. The average Bonchev–Trinajstić information content (AvgIpc) is 4.05. The first kappa shape index (κ1) is 47.5. The highest BCUT2D eigenvalue weighted by atomic mass is 19.1. The number of carbonyl (C=O) groups excluding carboxylic acids is 1. The first-order chi connectivity index (χ1) is 34.0. The molecule has 0 radical (unpaired) electrons. The van der Waals surface area contributed by atoms with Gasteiger partial charge >= 0.3 is 0 Å². The zero-order valence-electron chi connectivity index (χ0n) is 39.7. The summed E-state index contributed by atoms with van der Waals surface area (Å²) >= 11 is 0. The number of halogens is 2. The van der Waals surface area contributed by atoms with Crippen LogP contribution in [0.3, 0.4) is 0 Å². The number of hydrogen-bond donors (Lipinski definition) is 3. The van der Waals surface area contributed by atoms with Gasteiger partial charge in [0.05, 0.1) is 59.8 Å². The van der Waals surface area contributed by atoms with Gasteiger partial charge in [-0.15, -0.1) is 10.2 Å². The molecule has 0 bridgehead atoms. The number of aromatic nitrogens is 8. The smallest absolute Gasteiger partial charge is 0.226 e. The lowest BCUT2D eigenvalue weighted by atomic mass is 9.87. The fraction of sp³-hybridized carbons (Fsp3) is 0.380. The van der Waals surface area contributed by atoms with Crippen LogP contribution in [-0.2, 0) is 17.9 Å². The van der Waals surface area contributed by atoms with Gasteiger partial charge in [-0.3, -0.25) is 4.79 Å². The van der Waals surface area contributed by atoms with E-state index in [1.807, 2.05) is 36.4 Å². The van der Waals surface area contributed by atoms with Crippen molar-refractivity contribution in [3.8, 4) is 34.5 Å². The lowest BCUT2D eigenvalue weighted by Gasteiger charge is -2.23. The van der Waals surface area contributed by atoms with Crippen molar-refractivity contribution in [3.63, 3.8) is 0 Å². The summed E-state index contributed by atoms with van der Waals surface area (Å²) in [6.45, 7) is 0.784. The van der Waals surface area contributed by atoms with E-state index in [0.717, 1.165) is 43.2 Å². The van der Waals surface area contributed by atoms with Crippen molar-refractivity contribution in [3.05, 3.63) is 95.1 Å². The van der Waals surface area contributed by atoms with Crippen molar-refractivity contribution in [2.45, 2.75) is 82.4 Å². The van der Waals surface area contributed by atoms with Crippen molar-refractivity contribution >= 4 is 50.8 Å². The van der Waals surface area contributed by atoms with Gasteiger partial charge in [-0.1, -0.05) is 6.42 Å². The maximum atomic E-state index is 14.6. The van der Waals surface area contributed by atoms with Gasteiger partial charge in [-0.25, -0.2) is 28.7 Å². The zero-order chi connectivity index (χ0) is 49.1. The Balaban J connectivity index is 0.000000174. The monoisotopic (exact) mass is 960 g/mol. The predicted octanol–water partition coefficient (Wildman–Crippen LogP) is 8.35. The first-order valence-corrected chi connectivity index (χ1v) is 23.0. The minimum atomic E-state index is -0.509. The van der Waals surface area contributed by atoms with Gasteiger partial charge in [0.15, 0.2) is 46.1 Å². The van der Waals surface area contributed by atoms with Crippen molar-refractivity contribution in [1.29, 1.82) is 0 Å². The quantitative estimate of drug-likeness (QED) is 0.0937. The summed E-state index contributed by atoms with van der Waals surface area (Å²) < 4.78 is 64.3. The second kappa shape index (κ2) is 20.5. The van der Waals surface area contributed by atoms with E-state index in [1.165, 1.54) is 26.4 Å². The number of anilines is 2. The van der Waals surface area contributed by atoms with Crippen molar-refractivity contribution < 1.29 is 47.1 Å². The molecule has 4 aromatic carbocycles. The lowest BCUT2D eigenvalue weighted by molar-refractivity contribution is -0.120. The van der Waals surface area contributed by atoms with Crippen LogP contribution in [0.5, 0.6) is 34.5 Å². The number of aliphatic hydroxyl groups is 1. The molecule has 18 nitrogen and oxygen atoms in total. The van der Waals surface area contributed by atoms with Gasteiger partial charge in [0.2, 0.25) is 11.9 Å². The van der Waals surface area contributed by atoms with Crippen molar-refractivity contribution in [2.75, 3.05) is 53.3 Å². The maximum absolute atomic E-state index is 14.6. The minimum Gasteiger partial charge on any atom is -0.497 e. The molecule has 2 aliphatic rings. The third kappa shape index (κ3) is 9.67. The molecule has 366 valence electrons. The summed E-state index contributed by atoms with van der Waals surface area (Å²) in [4.78, 5) is 31.0. The number of Topliss-reactive ketones (excluding diaryl/α,β-unsaturated/α-hetero) is 1. The van der Waals surface area contributed by atoms with E-state index >= 15 is 0 Å². The minimum absolute atomic E-state index is 0.0336. The molecule has 2 saturated carbocycles. The second-order valence-corrected chi connectivity index (χ2v) is 17.2. The summed E-state index contributed by atoms with van der Waals surface area (Å²) in [7, 11) is 9.23. The second-order valence-electron chi connectivity index (χ2n) is 17.2. The Kier molecular flexibility index (Phi) is 13.9. The third-order valence-electron chi connectivity index (χ3n) is 12.8. The van der Waals surface area contributed by atoms with E-state index < -0.39 is 11.6 Å². The van der Waals surface area contributed by atoms with Crippen LogP contribution in [0.15, 0.2) is 60.7 Å². The van der Waals surface area contributed by atoms with Gasteiger partial charge in [-0.2, -0.15) is 9.03 Å². The number of benzene rings is 4. The molecular weight excluding hydrogens is 907 g/mol. The molecule has 4 aromatic heterocycles. The lowest BCUT2D eigenvalue weighted by Crippen LogP contribution is -2.19. The van der Waals surface area contributed by atoms with Crippen LogP contribution in [0.4, 0.5) is 20.7 Å². The Morgan fingerprint density at radius 2 is 1.09 bits per heavy atom. The number of fused-ring (bicyclic) bond motifs is 6. The molecule has 8 aromatic rings. The summed E-state index contributed by atoms with van der Waals surface area (Å²) in [6.07, 6.45) is 5.49.